The number of carbonyl (C=O) groups excluding carboxylic acids is 1. The van der Waals surface area contributed by atoms with E-state index >= 15 is 0 Å². The number of fused-ring (bicyclic) bond motifs is 1. The van der Waals surface area contributed by atoms with Crippen LogP contribution < -0.4 is 14.4 Å². The monoisotopic (exact) mass is 488 g/mol. The summed E-state index contributed by atoms with van der Waals surface area (Å²) in [6.45, 7) is 5.13. The number of benzene rings is 2. The highest BCUT2D eigenvalue weighted by molar-refractivity contribution is 7.92. The maximum absolute atomic E-state index is 13.4. The smallest absolute Gasteiger partial charge is 0.412 e. The Bertz CT molecular complexity index is 1100. The van der Waals surface area contributed by atoms with Crippen molar-refractivity contribution in [1.29, 1.82) is 0 Å². The number of anilines is 2. The van der Waals surface area contributed by atoms with Crippen LogP contribution in [0.15, 0.2) is 41.3 Å². The van der Waals surface area contributed by atoms with E-state index in [1.54, 1.807) is 32.9 Å². The Labute approximate surface area is 189 Å². The molecule has 0 fully saturated rings. The summed E-state index contributed by atoms with van der Waals surface area (Å²) in [7, 11) is -4.03. The van der Waals surface area contributed by atoms with Gasteiger partial charge in [-0.2, -0.15) is 0 Å². The minimum Gasteiger partial charge on any atom is -0.489 e. The lowest BCUT2D eigenvalue weighted by atomic mass is 10.2. The summed E-state index contributed by atoms with van der Waals surface area (Å²) in [6.07, 6.45) is -0.672. The first kappa shape index (κ1) is 25.2. The van der Waals surface area contributed by atoms with Gasteiger partial charge in [0.25, 0.3) is 16.5 Å². The largest absolute Gasteiger partial charge is 0.489 e. The molecule has 3 rings (SSSR count). The quantitative estimate of drug-likeness (QED) is 0.623. The average Bonchev–Trinajstić information content (AvgIpc) is 2.68. The molecule has 9 nitrogen and oxygen atoms in total. The van der Waals surface area contributed by atoms with Gasteiger partial charge in [-0.25, -0.2) is 17.6 Å². The second-order valence-corrected chi connectivity index (χ2v) is 9.69. The predicted molar refractivity (Wildman–Crippen MR) is 116 cm³/mol. The summed E-state index contributed by atoms with van der Waals surface area (Å²) in [5.74, 6) is -0.375. The summed E-state index contributed by atoms with van der Waals surface area (Å²) in [5, 5.41) is 9.17. The number of sulfonamides is 1. The molecule has 1 aliphatic rings. The molecule has 0 radical (unpaired) electrons. The third-order valence-electron chi connectivity index (χ3n) is 3.90. The van der Waals surface area contributed by atoms with E-state index in [0.717, 1.165) is 22.5 Å². The number of nitrogens with one attached hydrogen (secondary N) is 1. The van der Waals surface area contributed by atoms with Crippen molar-refractivity contribution in [1.82, 2.24) is 0 Å². The van der Waals surface area contributed by atoms with Crippen LogP contribution in [0.4, 0.5) is 20.6 Å². The molecule has 2 N–H and O–H groups in total. The molecule has 0 aliphatic carbocycles. The van der Waals surface area contributed by atoms with E-state index in [1.165, 1.54) is 6.07 Å². The minimum atomic E-state index is -4.03. The van der Waals surface area contributed by atoms with Crippen molar-refractivity contribution in [3.8, 4) is 5.75 Å². The van der Waals surface area contributed by atoms with Gasteiger partial charge in [0, 0.05) is 5.69 Å². The van der Waals surface area contributed by atoms with Crippen molar-refractivity contribution in [2.24, 2.45) is 0 Å². The Balaban J connectivity index is 0.00000114. The van der Waals surface area contributed by atoms with Gasteiger partial charge in [-0.1, -0.05) is 11.6 Å². The molecule has 0 aromatic heterocycles. The molecule has 1 amide bonds. The SMILES string of the molecule is CC(C)(C)OC(=O)Nc1ccc2c(c1)N(S(=O)(=O)c1ccc(F)c(Cl)c1)CCO2.O=CO. The molecule has 2 aromatic carbocycles. The van der Waals surface area contributed by atoms with Gasteiger partial charge in [0.15, 0.2) is 0 Å². The lowest BCUT2D eigenvalue weighted by Crippen LogP contribution is -2.38. The van der Waals surface area contributed by atoms with Gasteiger partial charge >= 0.3 is 6.09 Å². The van der Waals surface area contributed by atoms with Gasteiger partial charge in [0.2, 0.25) is 0 Å². The number of carboxylic acid groups (broad SMARTS) is 1. The Morgan fingerprint density at radius 2 is 1.94 bits per heavy atom. The highest BCUT2D eigenvalue weighted by atomic mass is 35.5. The summed E-state index contributed by atoms with van der Waals surface area (Å²) in [4.78, 5) is 20.2. The van der Waals surface area contributed by atoms with Gasteiger partial charge in [-0.15, -0.1) is 0 Å². The number of rotatable bonds is 3. The van der Waals surface area contributed by atoms with E-state index in [9.17, 15) is 17.6 Å². The highest BCUT2D eigenvalue weighted by Gasteiger charge is 2.31. The topological polar surface area (TPSA) is 122 Å². The summed E-state index contributed by atoms with van der Waals surface area (Å²) in [6, 6.07) is 7.81. The third kappa shape index (κ3) is 6.24. The molecule has 0 saturated carbocycles. The second kappa shape index (κ2) is 10.0. The zero-order valence-electron chi connectivity index (χ0n) is 17.5. The molecule has 0 bridgehead atoms. The first-order valence-corrected chi connectivity index (χ1v) is 11.0. The molecule has 0 atom stereocenters. The van der Waals surface area contributed by atoms with Gasteiger partial charge in [-0.3, -0.25) is 14.4 Å². The highest BCUT2D eigenvalue weighted by Crippen LogP contribution is 2.38. The van der Waals surface area contributed by atoms with Crippen LogP contribution in [0, 0.1) is 5.82 Å². The van der Waals surface area contributed by atoms with E-state index in [-0.39, 0.29) is 35.2 Å². The molecule has 12 heteroatoms. The Morgan fingerprint density at radius 1 is 1.28 bits per heavy atom. The zero-order valence-corrected chi connectivity index (χ0v) is 19.0. The number of hydrogen-bond donors (Lipinski definition) is 2. The molecule has 32 heavy (non-hydrogen) atoms. The number of nitrogens with zero attached hydrogens (tertiary/aromatic N) is 1. The van der Waals surface area contributed by atoms with Crippen LogP contribution in [0.2, 0.25) is 5.02 Å². The fourth-order valence-corrected chi connectivity index (χ4v) is 4.43. The van der Waals surface area contributed by atoms with E-state index in [2.05, 4.69) is 5.32 Å². The lowest BCUT2D eigenvalue weighted by molar-refractivity contribution is -0.122. The van der Waals surface area contributed by atoms with Crippen molar-refractivity contribution in [2.45, 2.75) is 31.3 Å². The first-order valence-electron chi connectivity index (χ1n) is 9.21. The predicted octanol–water partition coefficient (Wildman–Crippen LogP) is 4.11. The van der Waals surface area contributed by atoms with Crippen LogP contribution in [-0.4, -0.2) is 44.8 Å². The van der Waals surface area contributed by atoms with Crippen LogP contribution in [0.5, 0.6) is 5.75 Å². The maximum atomic E-state index is 13.4. The van der Waals surface area contributed by atoms with Crippen molar-refractivity contribution in [2.75, 3.05) is 22.8 Å². The van der Waals surface area contributed by atoms with Crippen LogP contribution in [0.1, 0.15) is 20.8 Å². The fraction of sp³-hybridized carbons (Fsp3) is 0.300. The van der Waals surface area contributed by atoms with Gasteiger partial charge < -0.3 is 14.6 Å². The van der Waals surface area contributed by atoms with Crippen molar-refractivity contribution in [3.05, 3.63) is 47.2 Å². The summed E-state index contributed by atoms with van der Waals surface area (Å²) < 4.78 is 51.5. The fourth-order valence-electron chi connectivity index (χ4n) is 2.71. The number of hydrogen-bond acceptors (Lipinski definition) is 6. The lowest BCUT2D eigenvalue weighted by Gasteiger charge is -2.31. The average molecular weight is 489 g/mol. The van der Waals surface area contributed by atoms with Crippen molar-refractivity contribution < 1.29 is 37.0 Å². The first-order chi connectivity index (χ1) is 14.9. The van der Waals surface area contributed by atoms with Gasteiger partial charge in [0.05, 0.1) is 22.2 Å². The van der Waals surface area contributed by atoms with E-state index in [1.807, 2.05) is 0 Å². The van der Waals surface area contributed by atoms with Crippen LogP contribution >= 0.6 is 11.6 Å². The number of halogens is 2. The molecule has 1 aliphatic heterocycles. The minimum absolute atomic E-state index is 0.0419. The summed E-state index contributed by atoms with van der Waals surface area (Å²) in [5.41, 5.74) is -0.107. The van der Waals surface area contributed by atoms with E-state index in [0.29, 0.717) is 11.4 Å². The van der Waals surface area contributed by atoms with Crippen LogP contribution in [0.3, 0.4) is 0 Å². The summed E-state index contributed by atoms with van der Waals surface area (Å²) >= 11 is 5.75. The number of amides is 1. The number of carbonyl (C=O) groups is 2. The van der Waals surface area contributed by atoms with Crippen LogP contribution in [0.25, 0.3) is 0 Å². The van der Waals surface area contributed by atoms with Gasteiger partial charge in [-0.05, 0) is 57.2 Å². The number of ether oxygens (including phenoxy) is 2. The normalized spacial score (nSPS) is 13.1. The Morgan fingerprint density at radius 3 is 2.53 bits per heavy atom. The molecule has 0 saturated heterocycles. The Hall–Kier alpha value is -3.05. The molecule has 1 heterocycles. The standard InChI is InChI=1S/C19H20ClFN2O5S.CH2O2/c1-19(2,3)28-18(24)22-12-4-7-17-16(10-12)23(8-9-27-17)29(25,26)13-5-6-15(21)14(20)11-13;2-1-3/h4-7,10-11H,8-9H2,1-3H3,(H,22,24);1H,(H,2,3). The van der Waals surface area contributed by atoms with Crippen molar-refractivity contribution in [3.63, 3.8) is 0 Å². The van der Waals surface area contributed by atoms with Crippen molar-refractivity contribution >= 4 is 45.6 Å². The third-order valence-corrected chi connectivity index (χ3v) is 6.00. The molecule has 0 unspecified atom stereocenters. The Kier molecular flexibility index (Phi) is 7.92. The molecular weight excluding hydrogens is 467 g/mol. The van der Waals surface area contributed by atoms with Crippen LogP contribution in [-0.2, 0) is 19.6 Å². The molecular formula is C20H22ClFN2O7S. The van der Waals surface area contributed by atoms with E-state index < -0.39 is 27.5 Å². The second-order valence-electron chi connectivity index (χ2n) is 7.42. The molecule has 174 valence electrons. The molecule has 2 aromatic rings. The maximum Gasteiger partial charge on any atom is 0.412 e. The van der Waals surface area contributed by atoms with Gasteiger partial charge in [0.1, 0.15) is 23.8 Å². The molecule has 0 spiro atoms. The van der Waals surface area contributed by atoms with E-state index in [4.69, 9.17) is 31.0 Å². The zero-order chi connectivity index (χ0) is 24.1.